The lowest BCUT2D eigenvalue weighted by Crippen LogP contribution is -2.24. The molecule has 0 aliphatic carbocycles. The Morgan fingerprint density at radius 3 is 2.81 bits per heavy atom. The van der Waals surface area contributed by atoms with Crippen molar-refractivity contribution >= 4 is 17.8 Å². The number of amides is 1. The molecule has 13 heteroatoms. The van der Waals surface area contributed by atoms with Gasteiger partial charge in [0, 0.05) is 11.6 Å². The highest BCUT2D eigenvalue weighted by Crippen LogP contribution is 2.27. The fraction of sp³-hybridized carbons (Fsp3) is 0.263. The van der Waals surface area contributed by atoms with E-state index in [0.717, 1.165) is 4.68 Å². The van der Waals surface area contributed by atoms with Crippen molar-refractivity contribution < 1.29 is 14.5 Å². The van der Waals surface area contributed by atoms with Crippen molar-refractivity contribution in [2.24, 2.45) is 5.10 Å². The third-order valence-electron chi connectivity index (χ3n) is 4.13. The van der Waals surface area contributed by atoms with Gasteiger partial charge in [0.2, 0.25) is 0 Å². The second-order valence-corrected chi connectivity index (χ2v) is 6.68. The predicted octanol–water partition coefficient (Wildman–Crippen LogP) is 1.43. The summed E-state index contributed by atoms with van der Waals surface area (Å²) in [5.41, 5.74) is 2.78. The number of nitrogens with one attached hydrogen (secondary N) is 2. The lowest BCUT2D eigenvalue weighted by molar-refractivity contribution is -0.385. The summed E-state index contributed by atoms with van der Waals surface area (Å²) in [6.45, 7) is 5.41. The summed E-state index contributed by atoms with van der Waals surface area (Å²) in [4.78, 5) is 37.6. The van der Waals surface area contributed by atoms with Crippen LogP contribution >= 0.6 is 0 Å². The zero-order valence-electron chi connectivity index (χ0n) is 17.5. The number of ether oxygens (including phenoxy) is 1. The zero-order valence-corrected chi connectivity index (χ0v) is 17.5. The maximum Gasteiger partial charge on any atom is 0.311 e. The lowest BCUT2D eigenvalue weighted by Gasteiger charge is -2.06. The number of aromatic amines is 1. The number of hydrogen-bond donors (Lipinski definition) is 2. The van der Waals surface area contributed by atoms with Crippen LogP contribution < -0.4 is 15.7 Å². The maximum atomic E-state index is 12.6. The molecule has 32 heavy (non-hydrogen) atoms. The van der Waals surface area contributed by atoms with Crippen LogP contribution in [0.5, 0.6) is 5.75 Å². The molecule has 166 valence electrons. The molecule has 0 saturated carbocycles. The minimum absolute atomic E-state index is 0.0267. The van der Waals surface area contributed by atoms with Crippen LogP contribution in [0.25, 0.3) is 5.95 Å². The Hall–Kier alpha value is -4.42. The summed E-state index contributed by atoms with van der Waals surface area (Å²) in [7, 11) is 0. The molecule has 0 radical (unpaired) electrons. The van der Waals surface area contributed by atoms with E-state index in [9.17, 15) is 19.7 Å². The first-order chi connectivity index (χ1) is 15.3. The first kappa shape index (κ1) is 22.3. The molecule has 0 fully saturated rings. The molecular weight excluding hydrogens is 420 g/mol. The van der Waals surface area contributed by atoms with Gasteiger partial charge in [0.1, 0.15) is 11.4 Å². The largest absolute Gasteiger partial charge is 0.487 e. The van der Waals surface area contributed by atoms with Gasteiger partial charge in [0.25, 0.3) is 17.4 Å². The quantitative estimate of drug-likeness (QED) is 0.301. The molecule has 0 saturated heterocycles. The number of hydrogen-bond acceptors (Lipinski definition) is 9. The number of benzene rings is 1. The zero-order chi connectivity index (χ0) is 23.3. The summed E-state index contributed by atoms with van der Waals surface area (Å²) in [6.07, 6.45) is 1.97. The summed E-state index contributed by atoms with van der Waals surface area (Å²) in [6, 6.07) is 5.83. The first-order valence-electron chi connectivity index (χ1n) is 9.55. The van der Waals surface area contributed by atoms with Crippen molar-refractivity contribution in [2.75, 3.05) is 6.61 Å². The molecule has 3 rings (SSSR count). The molecule has 1 aromatic carbocycles. The van der Waals surface area contributed by atoms with Gasteiger partial charge in [-0.15, -0.1) is 10.2 Å². The number of aryl methyl sites for hydroxylation is 2. The molecule has 0 spiro atoms. The molecule has 1 amide bonds. The van der Waals surface area contributed by atoms with Crippen LogP contribution in [0.4, 0.5) is 5.69 Å². The third-order valence-corrected chi connectivity index (χ3v) is 4.13. The Morgan fingerprint density at radius 1 is 1.34 bits per heavy atom. The van der Waals surface area contributed by atoms with E-state index in [0.29, 0.717) is 24.3 Å². The number of nitro benzene ring substituents is 1. The summed E-state index contributed by atoms with van der Waals surface area (Å²) < 4.78 is 6.51. The van der Waals surface area contributed by atoms with Crippen molar-refractivity contribution in [3.05, 3.63) is 67.4 Å². The fourth-order valence-corrected chi connectivity index (χ4v) is 2.62. The van der Waals surface area contributed by atoms with Crippen LogP contribution in [-0.4, -0.2) is 48.6 Å². The van der Waals surface area contributed by atoms with E-state index in [1.807, 2.05) is 6.92 Å². The average Bonchev–Trinajstić information content (AvgIpc) is 3.16. The highest BCUT2D eigenvalue weighted by molar-refractivity contribution is 5.94. The second-order valence-electron chi connectivity index (χ2n) is 6.68. The van der Waals surface area contributed by atoms with Gasteiger partial charge in [-0.1, -0.05) is 6.92 Å². The van der Waals surface area contributed by atoms with Crippen molar-refractivity contribution in [1.29, 1.82) is 0 Å². The fourth-order valence-electron chi connectivity index (χ4n) is 2.62. The van der Waals surface area contributed by atoms with Gasteiger partial charge in [-0.25, -0.2) is 5.43 Å². The van der Waals surface area contributed by atoms with E-state index in [1.54, 1.807) is 13.0 Å². The van der Waals surface area contributed by atoms with Gasteiger partial charge in [-0.05, 0) is 38.5 Å². The van der Waals surface area contributed by atoms with Crippen LogP contribution in [0.2, 0.25) is 0 Å². The molecular formula is C19H20N8O5. The minimum Gasteiger partial charge on any atom is -0.487 e. The smallest absolute Gasteiger partial charge is 0.311 e. The molecule has 0 unspecified atom stereocenters. The van der Waals surface area contributed by atoms with E-state index in [1.165, 1.54) is 31.3 Å². The standard InChI is InChI=1S/C19H20N8O5/c1-4-7-32-16-6-5-13(9-14(16)27(30)31)10-20-23-18(29)15-8-11(2)25-26(15)19-21-17(28)12(3)22-24-19/h5-6,8-10H,4,7H2,1-3H3,(H,23,29)(H,21,24,28)/b20-10-. The number of nitro groups is 1. The highest BCUT2D eigenvalue weighted by atomic mass is 16.6. The van der Waals surface area contributed by atoms with Crippen molar-refractivity contribution in [1.82, 2.24) is 30.4 Å². The molecule has 2 aromatic heterocycles. The topological polar surface area (TPSA) is 170 Å². The average molecular weight is 440 g/mol. The second kappa shape index (κ2) is 9.59. The third kappa shape index (κ3) is 5.00. The highest BCUT2D eigenvalue weighted by Gasteiger charge is 2.18. The normalized spacial score (nSPS) is 11.0. The van der Waals surface area contributed by atoms with Gasteiger partial charge in [0.15, 0.2) is 5.75 Å². The predicted molar refractivity (Wildman–Crippen MR) is 113 cm³/mol. The first-order valence-corrected chi connectivity index (χ1v) is 9.55. The number of H-pyrrole nitrogens is 1. The molecule has 0 bridgehead atoms. The van der Waals surface area contributed by atoms with Crippen LogP contribution in [-0.2, 0) is 0 Å². The number of aromatic nitrogens is 5. The molecule has 0 atom stereocenters. The minimum atomic E-state index is -0.637. The van der Waals surface area contributed by atoms with Crippen LogP contribution in [0.1, 0.15) is 40.8 Å². The molecule has 2 N–H and O–H groups in total. The maximum absolute atomic E-state index is 12.6. The van der Waals surface area contributed by atoms with Crippen molar-refractivity contribution in [2.45, 2.75) is 27.2 Å². The SMILES string of the molecule is CCCOc1ccc(/C=N\NC(=O)c2cc(C)nn2-c2nnc(C)c(=O)[nH]2)cc1[N+](=O)[O-]. The van der Waals surface area contributed by atoms with Gasteiger partial charge < -0.3 is 4.74 Å². The Labute approximate surface area is 181 Å². The lowest BCUT2D eigenvalue weighted by atomic mass is 10.2. The number of nitrogens with zero attached hydrogens (tertiary/aromatic N) is 6. The number of carbonyl (C=O) groups excluding carboxylic acids is 1. The number of rotatable bonds is 8. The Balaban J connectivity index is 1.79. The van der Waals surface area contributed by atoms with Crippen LogP contribution in [0, 0.1) is 24.0 Å². The van der Waals surface area contributed by atoms with Gasteiger partial charge in [0.05, 0.1) is 23.4 Å². The number of carbonyl (C=O) groups is 1. The summed E-state index contributed by atoms with van der Waals surface area (Å²) >= 11 is 0. The van der Waals surface area contributed by atoms with Gasteiger partial charge in [-0.3, -0.25) is 24.7 Å². The monoisotopic (exact) mass is 440 g/mol. The Bertz CT molecular complexity index is 1250. The Morgan fingerprint density at radius 2 is 2.12 bits per heavy atom. The number of hydrazone groups is 1. The molecule has 3 aromatic rings. The van der Waals surface area contributed by atoms with E-state index < -0.39 is 16.4 Å². The summed E-state index contributed by atoms with van der Waals surface area (Å²) in [5.74, 6) is -0.505. The van der Waals surface area contributed by atoms with Gasteiger partial charge in [-0.2, -0.15) is 14.9 Å². The van der Waals surface area contributed by atoms with E-state index in [-0.39, 0.29) is 28.8 Å². The van der Waals surface area contributed by atoms with Crippen molar-refractivity contribution in [3.63, 3.8) is 0 Å². The van der Waals surface area contributed by atoms with E-state index in [2.05, 4.69) is 30.8 Å². The Kier molecular flexibility index (Phi) is 6.68. The molecule has 2 heterocycles. The molecule has 13 nitrogen and oxygen atoms in total. The van der Waals surface area contributed by atoms with Crippen LogP contribution in [0.3, 0.4) is 0 Å². The van der Waals surface area contributed by atoms with Gasteiger partial charge >= 0.3 is 5.69 Å². The van der Waals surface area contributed by atoms with E-state index >= 15 is 0 Å². The van der Waals surface area contributed by atoms with E-state index in [4.69, 9.17) is 4.74 Å². The molecule has 0 aliphatic rings. The van der Waals surface area contributed by atoms with Crippen LogP contribution in [0.15, 0.2) is 34.2 Å². The van der Waals surface area contributed by atoms with Crippen molar-refractivity contribution in [3.8, 4) is 11.7 Å². The molecule has 0 aliphatic heterocycles. The summed E-state index contributed by atoms with van der Waals surface area (Å²) in [5, 5.41) is 26.9.